The fourth-order valence-electron chi connectivity index (χ4n) is 3.10. The van der Waals surface area contributed by atoms with Gasteiger partial charge in [-0.1, -0.05) is 42.5 Å². The molecule has 5 N–H and O–H groups in total. The van der Waals surface area contributed by atoms with Crippen molar-refractivity contribution in [3.8, 4) is 0 Å². The standard InChI is InChI=1S/C23H25N5O2/c1-17(2)15-27(16-18-10-12-19(24)13-11-18)23(29)28(20-7-4-3-5-8-20)22-21(26-30)9-6-14-25-22/h3-14,26,30H,1,15-16,24H2,2H3/p+1. The number of hydrogen-bond donors (Lipinski definition) is 3. The zero-order valence-electron chi connectivity index (χ0n) is 16.9. The quantitative estimate of drug-likeness (QED) is 0.318. The SMILES string of the molecule is C=C(C)CN(Cc1ccc(N)cc1)C(=O)N(c1ccccc1)c1ncccc1[NH2+]O. The molecule has 3 aromatic rings. The Bertz CT molecular complexity index is 1010. The van der Waals surface area contributed by atoms with Crippen LogP contribution in [-0.4, -0.2) is 27.7 Å². The van der Waals surface area contributed by atoms with E-state index in [1.165, 1.54) is 4.90 Å². The van der Waals surface area contributed by atoms with Crippen molar-refractivity contribution in [2.24, 2.45) is 0 Å². The van der Waals surface area contributed by atoms with Gasteiger partial charge in [-0.15, -0.1) is 0 Å². The van der Waals surface area contributed by atoms with Crippen molar-refractivity contribution in [1.29, 1.82) is 0 Å². The summed E-state index contributed by atoms with van der Waals surface area (Å²) in [5.74, 6) is 0.347. The highest BCUT2D eigenvalue weighted by Gasteiger charge is 2.28. The fraction of sp³-hybridized carbons (Fsp3) is 0.130. The molecule has 0 saturated heterocycles. The Hall–Kier alpha value is -3.68. The number of nitrogen functional groups attached to an aromatic ring is 1. The first-order valence-corrected chi connectivity index (χ1v) is 9.55. The van der Waals surface area contributed by atoms with Crippen molar-refractivity contribution in [2.45, 2.75) is 13.5 Å². The molecular formula is C23H26N5O2+. The van der Waals surface area contributed by atoms with Gasteiger partial charge < -0.3 is 10.6 Å². The van der Waals surface area contributed by atoms with Crippen LogP contribution in [0.1, 0.15) is 12.5 Å². The molecule has 0 atom stereocenters. The van der Waals surface area contributed by atoms with E-state index in [4.69, 9.17) is 5.73 Å². The molecule has 2 aromatic carbocycles. The van der Waals surface area contributed by atoms with Crippen LogP contribution in [-0.2, 0) is 6.54 Å². The Morgan fingerprint density at radius 1 is 1.10 bits per heavy atom. The summed E-state index contributed by atoms with van der Waals surface area (Å²) < 4.78 is 0. The summed E-state index contributed by atoms with van der Waals surface area (Å²) in [6.07, 6.45) is 1.59. The number of nitrogens with zero attached hydrogens (tertiary/aromatic N) is 3. The van der Waals surface area contributed by atoms with Gasteiger partial charge in [0.15, 0.2) is 0 Å². The van der Waals surface area contributed by atoms with Crippen LogP contribution in [0.2, 0.25) is 0 Å². The number of carbonyl (C=O) groups excluding carboxylic acids is 1. The lowest BCUT2D eigenvalue weighted by atomic mass is 10.2. The molecule has 0 aliphatic carbocycles. The Labute approximate surface area is 176 Å². The summed E-state index contributed by atoms with van der Waals surface area (Å²) in [7, 11) is 0. The molecule has 0 aliphatic rings. The number of para-hydroxylation sites is 1. The third-order valence-electron chi connectivity index (χ3n) is 4.46. The van der Waals surface area contributed by atoms with Crippen LogP contribution in [0.15, 0.2) is 85.1 Å². The van der Waals surface area contributed by atoms with E-state index in [0.717, 1.165) is 16.6 Å². The van der Waals surface area contributed by atoms with Gasteiger partial charge in [-0.25, -0.2) is 19.9 Å². The Balaban J connectivity index is 2.03. The van der Waals surface area contributed by atoms with Gasteiger partial charge in [0, 0.05) is 31.0 Å². The van der Waals surface area contributed by atoms with E-state index in [0.29, 0.717) is 36.0 Å². The van der Waals surface area contributed by atoms with E-state index in [1.54, 1.807) is 23.2 Å². The minimum absolute atomic E-state index is 0.275. The Kier molecular flexibility index (Phi) is 6.79. The zero-order chi connectivity index (χ0) is 21.5. The van der Waals surface area contributed by atoms with Gasteiger partial charge in [-0.05, 0) is 42.8 Å². The van der Waals surface area contributed by atoms with Crippen LogP contribution in [0.3, 0.4) is 0 Å². The monoisotopic (exact) mass is 404 g/mol. The van der Waals surface area contributed by atoms with Gasteiger partial charge in [0.1, 0.15) is 0 Å². The maximum absolute atomic E-state index is 13.8. The molecule has 0 unspecified atom stereocenters. The average Bonchev–Trinajstić information content (AvgIpc) is 2.76. The highest BCUT2D eigenvalue weighted by molar-refractivity contribution is 6.00. The number of rotatable bonds is 7. The van der Waals surface area contributed by atoms with Crippen molar-refractivity contribution in [3.05, 3.63) is 90.6 Å². The zero-order valence-corrected chi connectivity index (χ0v) is 16.9. The van der Waals surface area contributed by atoms with Gasteiger partial charge in [0.2, 0.25) is 11.5 Å². The van der Waals surface area contributed by atoms with Crippen LogP contribution in [0.4, 0.5) is 27.7 Å². The van der Waals surface area contributed by atoms with E-state index >= 15 is 0 Å². The van der Waals surface area contributed by atoms with E-state index in [1.807, 2.05) is 61.5 Å². The molecule has 0 fully saturated rings. The number of anilines is 3. The van der Waals surface area contributed by atoms with Crippen molar-refractivity contribution in [2.75, 3.05) is 17.2 Å². The molecule has 0 saturated carbocycles. The van der Waals surface area contributed by atoms with Gasteiger partial charge >= 0.3 is 6.03 Å². The van der Waals surface area contributed by atoms with Gasteiger partial charge in [-0.2, -0.15) is 5.48 Å². The third-order valence-corrected chi connectivity index (χ3v) is 4.46. The molecule has 154 valence electrons. The molecular weight excluding hydrogens is 378 g/mol. The van der Waals surface area contributed by atoms with Crippen LogP contribution < -0.4 is 16.1 Å². The highest BCUT2D eigenvalue weighted by Crippen LogP contribution is 2.29. The van der Waals surface area contributed by atoms with Crippen molar-refractivity contribution >= 4 is 28.9 Å². The summed E-state index contributed by atoms with van der Waals surface area (Å²) in [6, 6.07) is 19.8. The van der Waals surface area contributed by atoms with E-state index in [2.05, 4.69) is 11.6 Å². The number of quaternary nitrogens is 1. The summed E-state index contributed by atoms with van der Waals surface area (Å²) >= 11 is 0. The van der Waals surface area contributed by atoms with Crippen molar-refractivity contribution in [1.82, 2.24) is 9.88 Å². The number of nitrogens with two attached hydrogens (primary N) is 2. The number of amides is 2. The maximum atomic E-state index is 13.8. The van der Waals surface area contributed by atoms with Crippen LogP contribution in [0.5, 0.6) is 0 Å². The van der Waals surface area contributed by atoms with Gasteiger partial charge in [0.05, 0.1) is 5.69 Å². The van der Waals surface area contributed by atoms with Crippen LogP contribution in [0, 0.1) is 0 Å². The molecule has 3 rings (SSSR count). The number of benzene rings is 2. The lowest BCUT2D eigenvalue weighted by molar-refractivity contribution is -0.825. The topological polar surface area (TPSA) is 99.3 Å². The first-order chi connectivity index (χ1) is 14.5. The number of hydrogen-bond acceptors (Lipinski definition) is 4. The predicted molar refractivity (Wildman–Crippen MR) is 118 cm³/mol. The molecule has 7 nitrogen and oxygen atoms in total. The van der Waals surface area contributed by atoms with Crippen molar-refractivity contribution < 1.29 is 15.5 Å². The molecule has 0 spiro atoms. The smallest absolute Gasteiger partial charge is 0.331 e. The Morgan fingerprint density at radius 3 is 2.43 bits per heavy atom. The summed E-state index contributed by atoms with van der Waals surface area (Å²) in [4.78, 5) is 21.3. The molecule has 1 aromatic heterocycles. The molecule has 2 amide bonds. The molecule has 0 bridgehead atoms. The lowest BCUT2D eigenvalue weighted by Crippen LogP contribution is -2.74. The molecule has 1 heterocycles. The lowest BCUT2D eigenvalue weighted by Gasteiger charge is -2.30. The van der Waals surface area contributed by atoms with E-state index in [9.17, 15) is 10.0 Å². The molecule has 0 radical (unpaired) electrons. The minimum atomic E-state index is -0.275. The largest absolute Gasteiger partial charge is 0.399 e. The van der Waals surface area contributed by atoms with Gasteiger partial charge in [-0.3, -0.25) is 0 Å². The first-order valence-electron chi connectivity index (χ1n) is 9.55. The number of urea groups is 1. The second-order valence-corrected chi connectivity index (χ2v) is 7.05. The fourth-order valence-corrected chi connectivity index (χ4v) is 3.10. The molecule has 0 aliphatic heterocycles. The summed E-state index contributed by atoms with van der Waals surface area (Å²) in [5, 5.41) is 9.70. The Morgan fingerprint density at radius 2 is 1.80 bits per heavy atom. The van der Waals surface area contributed by atoms with Gasteiger partial charge in [0.25, 0.3) is 0 Å². The third kappa shape index (κ3) is 5.02. The minimum Gasteiger partial charge on any atom is -0.399 e. The molecule has 30 heavy (non-hydrogen) atoms. The van der Waals surface area contributed by atoms with E-state index in [-0.39, 0.29) is 6.03 Å². The number of aromatic nitrogens is 1. The average molecular weight is 404 g/mol. The highest BCUT2D eigenvalue weighted by atomic mass is 16.5. The van der Waals surface area contributed by atoms with Crippen LogP contribution in [0.25, 0.3) is 0 Å². The second kappa shape index (κ2) is 9.69. The first kappa shape index (κ1) is 21.0. The normalized spacial score (nSPS) is 10.5. The number of pyridine rings is 1. The predicted octanol–water partition coefficient (Wildman–Crippen LogP) is 3.58. The van der Waals surface area contributed by atoms with E-state index < -0.39 is 0 Å². The summed E-state index contributed by atoms with van der Waals surface area (Å²) in [6.45, 7) is 6.60. The number of carbonyl (C=O) groups is 1. The van der Waals surface area contributed by atoms with Crippen LogP contribution >= 0.6 is 0 Å². The maximum Gasteiger partial charge on any atom is 0.331 e. The van der Waals surface area contributed by atoms with Crippen molar-refractivity contribution in [3.63, 3.8) is 0 Å². The summed E-state index contributed by atoms with van der Waals surface area (Å²) in [5.41, 5.74) is 10.3. The second-order valence-electron chi connectivity index (χ2n) is 7.05. The molecule has 7 heteroatoms.